The summed E-state index contributed by atoms with van der Waals surface area (Å²) in [5.41, 5.74) is 6.89. The summed E-state index contributed by atoms with van der Waals surface area (Å²) in [6.07, 6.45) is 3.21. The van der Waals surface area contributed by atoms with Crippen LogP contribution in [0.3, 0.4) is 0 Å². The number of hydrogen-bond donors (Lipinski definition) is 2. The lowest BCUT2D eigenvalue weighted by atomic mass is 10.0. The highest BCUT2D eigenvalue weighted by molar-refractivity contribution is 5.91. The van der Waals surface area contributed by atoms with E-state index < -0.39 is 12.1 Å². The topological polar surface area (TPSA) is 97.0 Å². The zero-order valence-electron chi connectivity index (χ0n) is 17.5. The number of alkyl carbamates (subject to hydrolysis) is 1. The first-order chi connectivity index (χ1) is 13.9. The molecular formula is C22H30N4O3. The van der Waals surface area contributed by atoms with Crippen LogP contribution in [0.25, 0.3) is 0 Å². The Morgan fingerprint density at radius 1 is 1.31 bits per heavy atom. The zero-order valence-corrected chi connectivity index (χ0v) is 17.5. The van der Waals surface area contributed by atoms with Gasteiger partial charge in [-0.05, 0) is 24.5 Å². The summed E-state index contributed by atoms with van der Waals surface area (Å²) in [6.45, 7) is 6.33. The maximum Gasteiger partial charge on any atom is 0.407 e. The van der Waals surface area contributed by atoms with Gasteiger partial charge in [0, 0.05) is 24.4 Å². The van der Waals surface area contributed by atoms with Crippen molar-refractivity contribution in [2.75, 3.05) is 20.2 Å². The molecule has 0 radical (unpaired) electrons. The quantitative estimate of drug-likeness (QED) is 0.399. The van der Waals surface area contributed by atoms with Gasteiger partial charge in [-0.1, -0.05) is 50.8 Å². The monoisotopic (exact) mass is 398 g/mol. The number of hydrogen-bond acceptors (Lipinski definition) is 4. The molecule has 3 N–H and O–H groups in total. The molecule has 0 saturated heterocycles. The first kappa shape index (κ1) is 23.8. The van der Waals surface area contributed by atoms with Gasteiger partial charge in [-0.2, -0.15) is 0 Å². The molecule has 0 aliphatic heterocycles. The largest absolute Gasteiger partial charge is 0.453 e. The van der Waals surface area contributed by atoms with Gasteiger partial charge in [0.25, 0.3) is 0 Å². The fourth-order valence-electron chi connectivity index (χ4n) is 2.49. The van der Waals surface area contributed by atoms with Gasteiger partial charge in [0.2, 0.25) is 5.91 Å². The van der Waals surface area contributed by atoms with Gasteiger partial charge in [0.15, 0.2) is 0 Å². The van der Waals surface area contributed by atoms with Crippen LogP contribution in [0.5, 0.6) is 0 Å². The third-order valence-electron chi connectivity index (χ3n) is 3.94. The number of nitrogens with zero attached hydrogens (tertiary/aromatic N) is 2. The van der Waals surface area contributed by atoms with Gasteiger partial charge in [0.1, 0.15) is 11.9 Å². The normalized spacial score (nSPS) is 12.2. The SMILES string of the molecule is CCCN(CC(N)=N/C=C/C#Cc1ccccc1)C(=O)C(NC(=O)OC)C(C)C. The standard InChI is InChI=1S/C22H30N4O3/c1-5-15-26(21(27)20(17(2)3)25-22(28)29-4)16-19(23)24-14-10-9-13-18-11-7-6-8-12-18/h6-8,10-12,14,17,20H,5,15-16H2,1-4H3,(H2,23,24)(H,25,28)/b14-10+. The molecule has 0 aliphatic carbocycles. The van der Waals surface area contributed by atoms with Crippen molar-refractivity contribution in [2.45, 2.75) is 33.2 Å². The number of nitrogens with two attached hydrogens (primary N) is 1. The minimum absolute atomic E-state index is 0.104. The maximum atomic E-state index is 12.9. The van der Waals surface area contributed by atoms with Gasteiger partial charge in [-0.25, -0.2) is 9.79 Å². The Labute approximate surface area is 173 Å². The average molecular weight is 399 g/mol. The lowest BCUT2D eigenvalue weighted by Crippen LogP contribution is -2.53. The van der Waals surface area contributed by atoms with Crippen molar-refractivity contribution in [3.05, 3.63) is 48.2 Å². The fourth-order valence-corrected chi connectivity index (χ4v) is 2.49. The van der Waals surface area contributed by atoms with Crippen molar-refractivity contribution in [1.29, 1.82) is 0 Å². The summed E-state index contributed by atoms with van der Waals surface area (Å²) in [5, 5.41) is 2.59. The molecule has 1 aromatic rings. The van der Waals surface area contributed by atoms with E-state index in [1.165, 1.54) is 13.3 Å². The van der Waals surface area contributed by atoms with E-state index in [1.54, 1.807) is 11.0 Å². The van der Waals surface area contributed by atoms with Crippen molar-refractivity contribution in [2.24, 2.45) is 16.6 Å². The number of amidine groups is 1. The second-order valence-electron chi connectivity index (χ2n) is 6.69. The Kier molecular flexibility index (Phi) is 10.7. The molecule has 0 aromatic heterocycles. The van der Waals surface area contributed by atoms with E-state index in [9.17, 15) is 9.59 Å². The summed E-state index contributed by atoms with van der Waals surface area (Å²) in [4.78, 5) is 30.2. The molecule has 2 amide bonds. The number of methoxy groups -OCH3 is 1. The molecule has 1 atom stereocenters. The van der Waals surface area contributed by atoms with Crippen LogP contribution >= 0.6 is 0 Å². The number of amides is 2. The number of carbonyl (C=O) groups excluding carboxylic acids is 2. The summed E-state index contributed by atoms with van der Waals surface area (Å²) in [5.74, 6) is 5.82. The molecule has 7 heteroatoms. The van der Waals surface area contributed by atoms with Crippen molar-refractivity contribution < 1.29 is 14.3 Å². The number of rotatable bonds is 8. The third kappa shape index (κ3) is 8.98. The molecule has 156 valence electrons. The van der Waals surface area contributed by atoms with E-state index >= 15 is 0 Å². The van der Waals surface area contributed by atoms with Crippen molar-refractivity contribution in [1.82, 2.24) is 10.2 Å². The molecule has 1 rings (SSSR count). The number of benzene rings is 1. The minimum Gasteiger partial charge on any atom is -0.453 e. The molecule has 29 heavy (non-hydrogen) atoms. The number of aliphatic imine (C=N–C) groups is 1. The molecule has 0 bridgehead atoms. The summed E-state index contributed by atoms with van der Waals surface area (Å²) >= 11 is 0. The highest BCUT2D eigenvalue weighted by Crippen LogP contribution is 2.08. The Morgan fingerprint density at radius 3 is 2.59 bits per heavy atom. The Balaban J connectivity index is 2.78. The fraction of sp³-hybridized carbons (Fsp3) is 0.409. The third-order valence-corrected chi connectivity index (χ3v) is 3.94. The summed E-state index contributed by atoms with van der Waals surface area (Å²) in [6, 6.07) is 8.90. The Morgan fingerprint density at radius 2 is 2.00 bits per heavy atom. The first-order valence-corrected chi connectivity index (χ1v) is 9.56. The lowest BCUT2D eigenvalue weighted by molar-refractivity contribution is -0.133. The Bertz CT molecular complexity index is 776. The molecule has 1 unspecified atom stereocenters. The zero-order chi connectivity index (χ0) is 21.6. The number of nitrogens with one attached hydrogen (secondary N) is 1. The van der Waals surface area contributed by atoms with Crippen molar-refractivity contribution in [3.63, 3.8) is 0 Å². The van der Waals surface area contributed by atoms with Gasteiger partial charge >= 0.3 is 6.09 Å². The van der Waals surface area contributed by atoms with Crippen molar-refractivity contribution in [3.8, 4) is 11.8 Å². The van der Waals surface area contributed by atoms with Crippen LogP contribution in [0.15, 0.2) is 47.6 Å². The van der Waals surface area contributed by atoms with Crippen LogP contribution < -0.4 is 11.1 Å². The second-order valence-corrected chi connectivity index (χ2v) is 6.69. The molecule has 0 fully saturated rings. The molecule has 1 aromatic carbocycles. The Hall–Kier alpha value is -3.27. The molecule has 0 aliphatic rings. The first-order valence-electron chi connectivity index (χ1n) is 9.56. The van der Waals surface area contributed by atoms with E-state index in [0.717, 1.165) is 12.0 Å². The predicted octanol–water partition coefficient (Wildman–Crippen LogP) is 2.53. The van der Waals surface area contributed by atoms with Crippen LogP contribution in [0.4, 0.5) is 4.79 Å². The molecule has 0 spiro atoms. The summed E-state index contributed by atoms with van der Waals surface area (Å²) in [7, 11) is 1.26. The highest BCUT2D eigenvalue weighted by Gasteiger charge is 2.29. The molecule has 0 heterocycles. The molecule has 7 nitrogen and oxygen atoms in total. The number of allylic oxidation sites excluding steroid dienone is 1. The maximum absolute atomic E-state index is 12.9. The minimum atomic E-state index is -0.700. The van der Waals surface area contributed by atoms with Crippen molar-refractivity contribution >= 4 is 17.8 Å². The van der Waals surface area contributed by atoms with E-state index in [-0.39, 0.29) is 24.2 Å². The van der Waals surface area contributed by atoms with Gasteiger partial charge in [0.05, 0.1) is 13.7 Å². The molecule has 0 saturated carbocycles. The van der Waals surface area contributed by atoms with Gasteiger partial charge in [-0.15, -0.1) is 0 Å². The second kappa shape index (κ2) is 13.0. The van der Waals surface area contributed by atoms with E-state index in [2.05, 4.69) is 26.9 Å². The van der Waals surface area contributed by atoms with E-state index in [4.69, 9.17) is 5.73 Å². The van der Waals surface area contributed by atoms with Gasteiger partial charge in [-0.3, -0.25) is 4.79 Å². The van der Waals surface area contributed by atoms with Crippen LogP contribution in [0.1, 0.15) is 32.8 Å². The lowest BCUT2D eigenvalue weighted by Gasteiger charge is -2.29. The van der Waals surface area contributed by atoms with Crippen LogP contribution in [0, 0.1) is 17.8 Å². The number of carbonyl (C=O) groups is 2. The van der Waals surface area contributed by atoms with Crippen LogP contribution in [-0.2, 0) is 9.53 Å². The highest BCUT2D eigenvalue weighted by atomic mass is 16.5. The average Bonchev–Trinajstić information content (AvgIpc) is 2.71. The van der Waals surface area contributed by atoms with E-state index in [1.807, 2.05) is 51.1 Å². The van der Waals surface area contributed by atoms with E-state index in [0.29, 0.717) is 6.54 Å². The predicted molar refractivity (Wildman–Crippen MR) is 115 cm³/mol. The summed E-state index contributed by atoms with van der Waals surface area (Å²) < 4.78 is 4.62. The van der Waals surface area contributed by atoms with Crippen LogP contribution in [0.2, 0.25) is 0 Å². The number of ether oxygens (including phenoxy) is 1. The van der Waals surface area contributed by atoms with Crippen LogP contribution in [-0.4, -0.2) is 49.0 Å². The van der Waals surface area contributed by atoms with Gasteiger partial charge < -0.3 is 20.7 Å². The smallest absolute Gasteiger partial charge is 0.407 e. The molecular weight excluding hydrogens is 368 g/mol.